The van der Waals surface area contributed by atoms with E-state index in [1.165, 1.54) is 42.6 Å². The zero-order valence-corrected chi connectivity index (χ0v) is 21.1. The standard InChI is InChI=1S/C25H22F4N4O5S/c1-39(36,37)33(21-4-2-3-18(13-21)25(27,28)29)15-23(34)32-30-14-17-5-11-22(12-6-17)38-16-24(35)31-20-9-7-19(26)8-10-20/h2-14H,15-16H2,1H3,(H,31,35)(H,32,34)/b30-14-. The third kappa shape index (κ3) is 9.10. The summed E-state index contributed by atoms with van der Waals surface area (Å²) in [4.78, 5) is 24.2. The minimum absolute atomic E-state index is 0.302. The number of anilines is 2. The molecule has 0 spiro atoms. The number of amides is 2. The van der Waals surface area contributed by atoms with Crippen LogP contribution in [0.4, 0.5) is 28.9 Å². The van der Waals surface area contributed by atoms with E-state index in [-0.39, 0.29) is 12.3 Å². The number of halogens is 4. The summed E-state index contributed by atoms with van der Waals surface area (Å²) in [5.41, 5.74) is 1.66. The van der Waals surface area contributed by atoms with Gasteiger partial charge in [-0.25, -0.2) is 18.2 Å². The first-order valence-electron chi connectivity index (χ1n) is 11.1. The van der Waals surface area contributed by atoms with Gasteiger partial charge < -0.3 is 10.1 Å². The molecule has 0 radical (unpaired) electrons. The number of alkyl halides is 3. The lowest BCUT2D eigenvalue weighted by Crippen LogP contribution is -2.39. The van der Waals surface area contributed by atoms with Crippen LogP contribution in [-0.4, -0.2) is 45.9 Å². The van der Waals surface area contributed by atoms with Crippen molar-refractivity contribution in [1.82, 2.24) is 5.43 Å². The summed E-state index contributed by atoms with van der Waals surface area (Å²) in [5.74, 6) is -1.42. The fourth-order valence-corrected chi connectivity index (χ4v) is 3.96. The number of hydrogen-bond donors (Lipinski definition) is 2. The lowest BCUT2D eigenvalue weighted by molar-refractivity contribution is -0.137. The van der Waals surface area contributed by atoms with E-state index in [0.29, 0.717) is 27.4 Å². The zero-order valence-electron chi connectivity index (χ0n) is 20.3. The minimum atomic E-state index is -4.69. The van der Waals surface area contributed by atoms with Gasteiger partial charge in [0.05, 0.1) is 23.7 Å². The van der Waals surface area contributed by atoms with Crippen molar-refractivity contribution in [3.63, 3.8) is 0 Å². The van der Waals surface area contributed by atoms with Crippen LogP contribution in [0.3, 0.4) is 0 Å². The van der Waals surface area contributed by atoms with Gasteiger partial charge in [-0.1, -0.05) is 6.07 Å². The largest absolute Gasteiger partial charge is 0.484 e. The molecule has 0 saturated carbocycles. The number of benzene rings is 3. The second-order valence-electron chi connectivity index (χ2n) is 8.02. The molecule has 0 aliphatic heterocycles. The van der Waals surface area contributed by atoms with Crippen LogP contribution in [0.15, 0.2) is 77.9 Å². The van der Waals surface area contributed by atoms with Crippen LogP contribution in [-0.2, 0) is 25.8 Å². The SMILES string of the molecule is CS(=O)(=O)N(CC(=O)N/N=C\c1ccc(OCC(=O)Nc2ccc(F)cc2)cc1)c1cccc(C(F)(F)F)c1. The fourth-order valence-electron chi connectivity index (χ4n) is 3.11. The highest BCUT2D eigenvalue weighted by Gasteiger charge is 2.32. The molecule has 0 aromatic heterocycles. The van der Waals surface area contributed by atoms with Crippen molar-refractivity contribution in [3.8, 4) is 5.75 Å². The summed E-state index contributed by atoms with van der Waals surface area (Å²) in [6, 6.07) is 15.0. The van der Waals surface area contributed by atoms with Gasteiger partial charge in [0.1, 0.15) is 18.1 Å². The van der Waals surface area contributed by atoms with Gasteiger partial charge in [-0.2, -0.15) is 18.3 Å². The molecular weight excluding hydrogens is 544 g/mol. The third-order valence-electron chi connectivity index (χ3n) is 4.93. The van der Waals surface area contributed by atoms with Crippen LogP contribution >= 0.6 is 0 Å². The predicted molar refractivity (Wildman–Crippen MR) is 136 cm³/mol. The van der Waals surface area contributed by atoms with Crippen molar-refractivity contribution in [1.29, 1.82) is 0 Å². The number of hydrazone groups is 1. The number of nitrogens with zero attached hydrogens (tertiary/aromatic N) is 2. The van der Waals surface area contributed by atoms with Crippen molar-refractivity contribution in [2.75, 3.05) is 29.0 Å². The van der Waals surface area contributed by atoms with E-state index in [2.05, 4.69) is 15.8 Å². The summed E-state index contributed by atoms with van der Waals surface area (Å²) in [5, 5.41) is 6.27. The van der Waals surface area contributed by atoms with Gasteiger partial charge in [-0.05, 0) is 72.3 Å². The van der Waals surface area contributed by atoms with Crippen LogP contribution in [0.25, 0.3) is 0 Å². The number of ether oxygens (including phenoxy) is 1. The zero-order chi connectivity index (χ0) is 28.6. The summed E-state index contributed by atoms with van der Waals surface area (Å²) in [6.45, 7) is -1.10. The van der Waals surface area contributed by atoms with Crippen LogP contribution < -0.4 is 19.8 Å². The molecule has 0 unspecified atom stereocenters. The maximum Gasteiger partial charge on any atom is 0.416 e. The quantitative estimate of drug-likeness (QED) is 0.220. The van der Waals surface area contributed by atoms with Gasteiger partial charge in [-0.3, -0.25) is 13.9 Å². The molecule has 206 valence electrons. The van der Waals surface area contributed by atoms with Gasteiger partial charge in [-0.15, -0.1) is 0 Å². The first-order chi connectivity index (χ1) is 18.3. The molecule has 0 saturated heterocycles. The average molecular weight is 567 g/mol. The molecule has 3 aromatic carbocycles. The molecule has 0 aliphatic rings. The van der Waals surface area contributed by atoms with E-state index in [0.717, 1.165) is 24.5 Å². The summed E-state index contributed by atoms with van der Waals surface area (Å²) in [7, 11) is -4.09. The molecule has 39 heavy (non-hydrogen) atoms. The first kappa shape index (κ1) is 29.1. The normalized spacial score (nSPS) is 11.7. The van der Waals surface area contributed by atoms with Gasteiger partial charge in [0, 0.05) is 5.69 Å². The molecule has 3 rings (SSSR count). The van der Waals surface area contributed by atoms with Crippen molar-refractivity contribution in [2.45, 2.75) is 6.18 Å². The number of rotatable bonds is 10. The molecule has 0 fully saturated rings. The number of carbonyl (C=O) groups is 2. The van der Waals surface area contributed by atoms with E-state index in [4.69, 9.17) is 4.74 Å². The Hall–Kier alpha value is -4.46. The topological polar surface area (TPSA) is 117 Å². The van der Waals surface area contributed by atoms with Crippen molar-refractivity contribution in [3.05, 3.63) is 89.7 Å². The van der Waals surface area contributed by atoms with Gasteiger partial charge >= 0.3 is 6.18 Å². The summed E-state index contributed by atoms with van der Waals surface area (Å²) >= 11 is 0. The number of hydrogen-bond acceptors (Lipinski definition) is 6. The number of nitrogens with one attached hydrogen (secondary N) is 2. The number of sulfonamides is 1. The van der Waals surface area contributed by atoms with Crippen LogP contribution in [0, 0.1) is 5.82 Å². The minimum Gasteiger partial charge on any atom is -0.484 e. The van der Waals surface area contributed by atoms with Crippen molar-refractivity contribution in [2.24, 2.45) is 5.10 Å². The Morgan fingerprint density at radius 3 is 2.28 bits per heavy atom. The Morgan fingerprint density at radius 1 is 1.00 bits per heavy atom. The molecule has 9 nitrogen and oxygen atoms in total. The van der Waals surface area contributed by atoms with E-state index in [1.54, 1.807) is 12.1 Å². The summed E-state index contributed by atoms with van der Waals surface area (Å²) in [6.07, 6.45) is -2.68. The molecule has 0 bridgehead atoms. The molecule has 0 heterocycles. The molecule has 0 aliphatic carbocycles. The molecule has 0 atom stereocenters. The van der Waals surface area contributed by atoms with Crippen LogP contribution in [0.2, 0.25) is 0 Å². The highest BCUT2D eigenvalue weighted by molar-refractivity contribution is 7.92. The van der Waals surface area contributed by atoms with Gasteiger partial charge in [0.25, 0.3) is 11.8 Å². The monoisotopic (exact) mass is 566 g/mol. The molecule has 3 aromatic rings. The lowest BCUT2D eigenvalue weighted by atomic mass is 10.2. The first-order valence-corrected chi connectivity index (χ1v) is 12.9. The smallest absolute Gasteiger partial charge is 0.416 e. The third-order valence-corrected chi connectivity index (χ3v) is 6.07. The Morgan fingerprint density at radius 2 is 1.67 bits per heavy atom. The molecular formula is C25H22F4N4O5S. The van der Waals surface area contributed by atoms with E-state index < -0.39 is 45.9 Å². The van der Waals surface area contributed by atoms with Crippen molar-refractivity contribution < 1.29 is 40.3 Å². The van der Waals surface area contributed by atoms with E-state index in [9.17, 15) is 35.6 Å². The molecule has 2 N–H and O–H groups in total. The summed E-state index contributed by atoms with van der Waals surface area (Å²) < 4.78 is 82.1. The maximum absolute atomic E-state index is 13.0. The van der Waals surface area contributed by atoms with E-state index in [1.807, 2.05) is 0 Å². The second-order valence-corrected chi connectivity index (χ2v) is 9.93. The maximum atomic E-state index is 13.0. The average Bonchev–Trinajstić information content (AvgIpc) is 2.87. The van der Waals surface area contributed by atoms with E-state index >= 15 is 0 Å². The molecule has 2 amide bonds. The number of carbonyl (C=O) groups excluding carboxylic acids is 2. The Kier molecular flexibility index (Phi) is 9.24. The fraction of sp³-hybridized carbons (Fsp3) is 0.160. The van der Waals surface area contributed by atoms with Gasteiger partial charge in [0.15, 0.2) is 6.61 Å². The van der Waals surface area contributed by atoms with Crippen LogP contribution in [0.5, 0.6) is 5.75 Å². The Labute approximate surface area is 221 Å². The van der Waals surface area contributed by atoms with Crippen LogP contribution in [0.1, 0.15) is 11.1 Å². The lowest BCUT2D eigenvalue weighted by Gasteiger charge is -2.22. The highest BCUT2D eigenvalue weighted by atomic mass is 32.2. The van der Waals surface area contributed by atoms with Gasteiger partial charge in [0.2, 0.25) is 10.0 Å². The molecule has 14 heteroatoms. The Balaban J connectivity index is 1.53. The highest BCUT2D eigenvalue weighted by Crippen LogP contribution is 2.32. The van der Waals surface area contributed by atoms with Crippen molar-refractivity contribution >= 4 is 39.4 Å². The Bertz CT molecular complexity index is 1440. The second kappa shape index (κ2) is 12.4. The predicted octanol–water partition coefficient (Wildman–Crippen LogP) is 3.78.